The first-order valence-electron chi connectivity index (χ1n) is 4.57. The normalized spacial score (nSPS) is 9.73. The van der Waals surface area contributed by atoms with Crippen LogP contribution in [-0.4, -0.2) is 17.1 Å². The molecule has 0 atom stereocenters. The minimum absolute atomic E-state index is 0.00312. The van der Waals surface area contributed by atoms with Crippen molar-refractivity contribution in [3.8, 4) is 5.75 Å². The maximum atomic E-state index is 11.2. The molecule has 0 unspecified atom stereocenters. The molecule has 0 spiro atoms. The van der Waals surface area contributed by atoms with Crippen molar-refractivity contribution in [2.75, 3.05) is 5.33 Å². The van der Waals surface area contributed by atoms with Crippen LogP contribution in [0.15, 0.2) is 24.3 Å². The van der Waals surface area contributed by atoms with Crippen molar-refractivity contribution in [1.29, 1.82) is 0 Å². The molecule has 0 heterocycles. The fourth-order valence-corrected chi connectivity index (χ4v) is 1.31. The summed E-state index contributed by atoms with van der Waals surface area (Å²) in [7, 11) is 0. The summed E-state index contributed by atoms with van der Waals surface area (Å²) in [6.45, 7) is 1.73. The van der Waals surface area contributed by atoms with E-state index in [1.54, 1.807) is 31.2 Å². The molecular formula is C11H11BrO3. The summed E-state index contributed by atoms with van der Waals surface area (Å²) in [5.74, 6) is 0.186. The van der Waals surface area contributed by atoms with E-state index >= 15 is 0 Å². The lowest BCUT2D eigenvalue weighted by atomic mass is 10.1. The highest BCUT2D eigenvalue weighted by Gasteiger charge is 2.05. The van der Waals surface area contributed by atoms with Crippen molar-refractivity contribution in [1.82, 2.24) is 0 Å². The van der Waals surface area contributed by atoms with Gasteiger partial charge in [-0.25, -0.2) is 0 Å². The highest BCUT2D eigenvalue weighted by Crippen LogP contribution is 2.13. The number of hydrogen-bond acceptors (Lipinski definition) is 3. The number of esters is 1. The summed E-state index contributed by atoms with van der Waals surface area (Å²) in [5, 5.41) is 0.293. The van der Waals surface area contributed by atoms with Gasteiger partial charge in [0.2, 0.25) is 0 Å². The molecule has 0 fully saturated rings. The first-order chi connectivity index (χ1) is 7.17. The van der Waals surface area contributed by atoms with Gasteiger partial charge >= 0.3 is 5.97 Å². The third kappa shape index (κ3) is 3.47. The van der Waals surface area contributed by atoms with E-state index in [0.717, 1.165) is 0 Å². The molecule has 1 rings (SSSR count). The third-order valence-corrected chi connectivity index (χ3v) is 2.33. The number of ketones is 1. The van der Waals surface area contributed by atoms with Crippen LogP contribution in [-0.2, 0) is 4.79 Å². The number of ether oxygens (including phenoxy) is 1. The van der Waals surface area contributed by atoms with E-state index in [4.69, 9.17) is 4.74 Å². The zero-order chi connectivity index (χ0) is 11.3. The van der Waals surface area contributed by atoms with Crippen LogP contribution in [0.5, 0.6) is 5.75 Å². The van der Waals surface area contributed by atoms with Crippen LogP contribution >= 0.6 is 15.9 Å². The van der Waals surface area contributed by atoms with Gasteiger partial charge in [-0.2, -0.15) is 0 Å². The van der Waals surface area contributed by atoms with Crippen molar-refractivity contribution in [3.63, 3.8) is 0 Å². The molecule has 1 aromatic carbocycles. The monoisotopic (exact) mass is 270 g/mol. The van der Waals surface area contributed by atoms with E-state index in [0.29, 0.717) is 23.1 Å². The summed E-state index contributed by atoms with van der Waals surface area (Å²) in [6.07, 6.45) is 0.335. The van der Waals surface area contributed by atoms with Crippen molar-refractivity contribution in [2.24, 2.45) is 0 Å². The topological polar surface area (TPSA) is 43.4 Å². The van der Waals surface area contributed by atoms with Crippen LogP contribution < -0.4 is 4.74 Å². The van der Waals surface area contributed by atoms with Crippen molar-refractivity contribution >= 4 is 27.7 Å². The second-order valence-electron chi connectivity index (χ2n) is 2.91. The van der Waals surface area contributed by atoms with E-state index in [9.17, 15) is 9.59 Å². The third-order valence-electron chi connectivity index (χ3n) is 1.82. The van der Waals surface area contributed by atoms with E-state index in [1.165, 1.54) is 0 Å². The lowest BCUT2D eigenvalue weighted by molar-refractivity contribution is -0.134. The minimum Gasteiger partial charge on any atom is -0.427 e. The zero-order valence-corrected chi connectivity index (χ0v) is 9.91. The van der Waals surface area contributed by atoms with Gasteiger partial charge in [-0.05, 0) is 24.3 Å². The maximum absolute atomic E-state index is 11.2. The standard InChI is InChI=1S/C11H11BrO3/c1-2-11(14)15-9-5-3-8(4-6-9)10(13)7-12/h3-6H,2,7H2,1H3. The van der Waals surface area contributed by atoms with Crippen LogP contribution in [0.4, 0.5) is 0 Å². The number of alkyl halides is 1. The van der Waals surface area contributed by atoms with Crippen LogP contribution in [0.2, 0.25) is 0 Å². The van der Waals surface area contributed by atoms with Crippen molar-refractivity contribution in [3.05, 3.63) is 29.8 Å². The molecule has 0 aromatic heterocycles. The molecule has 3 nitrogen and oxygen atoms in total. The number of Topliss-reactive ketones (excluding diaryl/α,β-unsaturated/α-hetero) is 1. The van der Waals surface area contributed by atoms with Gasteiger partial charge in [0, 0.05) is 12.0 Å². The van der Waals surface area contributed by atoms with Crippen LogP contribution in [0.25, 0.3) is 0 Å². The lowest BCUT2D eigenvalue weighted by Crippen LogP contribution is -2.06. The van der Waals surface area contributed by atoms with Gasteiger partial charge in [-0.1, -0.05) is 22.9 Å². The molecule has 0 N–H and O–H groups in total. The molecule has 0 aliphatic rings. The summed E-state index contributed by atoms with van der Waals surface area (Å²) in [6, 6.07) is 6.51. The molecule has 80 valence electrons. The quantitative estimate of drug-likeness (QED) is 0.366. The van der Waals surface area contributed by atoms with Gasteiger partial charge in [0.1, 0.15) is 5.75 Å². The fourth-order valence-electron chi connectivity index (χ4n) is 0.990. The lowest BCUT2D eigenvalue weighted by Gasteiger charge is -2.03. The van der Waals surface area contributed by atoms with Gasteiger partial charge in [0.05, 0.1) is 5.33 Å². The first kappa shape index (κ1) is 11.9. The van der Waals surface area contributed by atoms with Gasteiger partial charge in [-0.15, -0.1) is 0 Å². The molecule has 0 aliphatic carbocycles. The Morgan fingerprint density at radius 1 is 1.27 bits per heavy atom. The van der Waals surface area contributed by atoms with Gasteiger partial charge in [-0.3, -0.25) is 9.59 Å². The Morgan fingerprint density at radius 3 is 2.33 bits per heavy atom. The van der Waals surface area contributed by atoms with Gasteiger partial charge in [0.15, 0.2) is 5.78 Å². The maximum Gasteiger partial charge on any atom is 0.310 e. The minimum atomic E-state index is -0.283. The van der Waals surface area contributed by atoms with Crippen LogP contribution in [0.1, 0.15) is 23.7 Å². The average Bonchev–Trinajstić information content (AvgIpc) is 2.29. The Kier molecular flexibility index (Phi) is 4.49. The zero-order valence-electron chi connectivity index (χ0n) is 8.33. The molecule has 0 radical (unpaired) electrons. The Hall–Kier alpha value is -1.16. The predicted octanol–water partition coefficient (Wildman–Crippen LogP) is 2.58. The Bertz CT molecular complexity index is 357. The first-order valence-corrected chi connectivity index (χ1v) is 5.69. The van der Waals surface area contributed by atoms with E-state index in [2.05, 4.69) is 15.9 Å². The second-order valence-corrected chi connectivity index (χ2v) is 3.47. The fraction of sp³-hybridized carbons (Fsp3) is 0.273. The van der Waals surface area contributed by atoms with Crippen LogP contribution in [0, 0.1) is 0 Å². The SMILES string of the molecule is CCC(=O)Oc1ccc(C(=O)CBr)cc1. The van der Waals surface area contributed by atoms with Gasteiger partial charge in [0.25, 0.3) is 0 Å². The number of carbonyl (C=O) groups is 2. The largest absolute Gasteiger partial charge is 0.427 e. The number of rotatable bonds is 4. The second kappa shape index (κ2) is 5.66. The predicted molar refractivity (Wildman–Crippen MR) is 60.5 cm³/mol. The summed E-state index contributed by atoms with van der Waals surface area (Å²) < 4.78 is 4.97. The molecular weight excluding hydrogens is 260 g/mol. The van der Waals surface area contributed by atoms with E-state index in [-0.39, 0.29) is 11.8 Å². The van der Waals surface area contributed by atoms with Crippen molar-refractivity contribution in [2.45, 2.75) is 13.3 Å². The van der Waals surface area contributed by atoms with E-state index < -0.39 is 0 Å². The Labute approximate surface area is 96.6 Å². The molecule has 4 heteroatoms. The molecule has 0 saturated carbocycles. The summed E-state index contributed by atoms with van der Waals surface area (Å²) in [5.41, 5.74) is 0.600. The molecule has 0 bridgehead atoms. The number of halogens is 1. The summed E-state index contributed by atoms with van der Waals surface area (Å²) in [4.78, 5) is 22.2. The summed E-state index contributed by atoms with van der Waals surface area (Å²) >= 11 is 3.09. The molecule has 0 saturated heterocycles. The molecule has 0 amide bonds. The highest BCUT2D eigenvalue weighted by molar-refractivity contribution is 9.09. The number of hydrogen-bond donors (Lipinski definition) is 0. The molecule has 1 aromatic rings. The average molecular weight is 271 g/mol. The highest BCUT2D eigenvalue weighted by atomic mass is 79.9. The smallest absolute Gasteiger partial charge is 0.310 e. The Morgan fingerprint density at radius 2 is 1.87 bits per heavy atom. The number of benzene rings is 1. The van der Waals surface area contributed by atoms with E-state index in [1.807, 2.05) is 0 Å². The molecule has 0 aliphatic heterocycles. The van der Waals surface area contributed by atoms with Gasteiger partial charge < -0.3 is 4.74 Å². The van der Waals surface area contributed by atoms with Crippen LogP contribution in [0.3, 0.4) is 0 Å². The van der Waals surface area contributed by atoms with Crippen molar-refractivity contribution < 1.29 is 14.3 Å². The molecule has 15 heavy (non-hydrogen) atoms. The number of carbonyl (C=O) groups excluding carboxylic acids is 2. The Balaban J connectivity index is 2.72.